The summed E-state index contributed by atoms with van der Waals surface area (Å²) in [5.41, 5.74) is -0.351. The van der Waals surface area contributed by atoms with Gasteiger partial charge in [-0.2, -0.15) is 4.98 Å². The van der Waals surface area contributed by atoms with Crippen LogP contribution < -0.4 is 4.74 Å². The number of hydrogen-bond acceptors (Lipinski definition) is 5. The maximum atomic E-state index is 11.2. The fourth-order valence-electron chi connectivity index (χ4n) is 2.68. The molecule has 1 aliphatic rings. The highest BCUT2D eigenvalue weighted by molar-refractivity contribution is 5.77. The number of aromatic nitrogens is 2. The maximum absolute atomic E-state index is 11.2. The smallest absolute Gasteiger partial charge is 0.307 e. The molecule has 0 bridgehead atoms. The molecule has 2 unspecified atom stereocenters. The topological polar surface area (TPSA) is 85.5 Å². The number of aliphatic carboxylic acids is 1. The molecular formula is C15H16N2O4. The van der Waals surface area contributed by atoms with Crippen LogP contribution in [-0.4, -0.2) is 21.2 Å². The number of hydrogen-bond donors (Lipinski definition) is 1. The van der Waals surface area contributed by atoms with Crippen molar-refractivity contribution in [3.05, 3.63) is 42.0 Å². The summed E-state index contributed by atoms with van der Waals surface area (Å²) < 4.78 is 10.7. The van der Waals surface area contributed by atoms with Crippen molar-refractivity contribution in [1.29, 1.82) is 0 Å². The van der Waals surface area contributed by atoms with E-state index in [1.54, 1.807) is 0 Å². The van der Waals surface area contributed by atoms with E-state index in [2.05, 4.69) is 10.1 Å². The van der Waals surface area contributed by atoms with Crippen molar-refractivity contribution in [2.75, 3.05) is 0 Å². The van der Waals surface area contributed by atoms with E-state index in [1.807, 2.05) is 44.2 Å². The van der Waals surface area contributed by atoms with Gasteiger partial charge in [-0.1, -0.05) is 37.2 Å². The summed E-state index contributed by atoms with van der Waals surface area (Å²) >= 11 is 0. The average molecular weight is 288 g/mol. The van der Waals surface area contributed by atoms with Crippen LogP contribution in [0.5, 0.6) is 5.75 Å². The zero-order valence-corrected chi connectivity index (χ0v) is 11.8. The molecule has 1 heterocycles. The van der Waals surface area contributed by atoms with Crippen molar-refractivity contribution in [1.82, 2.24) is 10.1 Å². The van der Waals surface area contributed by atoms with E-state index in [9.17, 15) is 4.79 Å². The molecule has 0 amide bonds. The second kappa shape index (κ2) is 4.87. The molecule has 21 heavy (non-hydrogen) atoms. The molecular weight excluding hydrogens is 272 g/mol. The molecule has 1 aliphatic carbocycles. The zero-order chi connectivity index (χ0) is 15.0. The van der Waals surface area contributed by atoms with Crippen LogP contribution in [0.25, 0.3) is 0 Å². The lowest BCUT2D eigenvalue weighted by atomic mass is 10.1. The summed E-state index contributed by atoms with van der Waals surface area (Å²) in [6.45, 7) is 3.97. The maximum Gasteiger partial charge on any atom is 0.307 e. The Morgan fingerprint density at radius 2 is 2.10 bits per heavy atom. The molecule has 3 rings (SSSR count). The van der Waals surface area contributed by atoms with Gasteiger partial charge in [-0.05, 0) is 17.5 Å². The number of ether oxygens (including phenoxy) is 1. The molecule has 110 valence electrons. The predicted octanol–water partition coefficient (Wildman–Crippen LogP) is 2.47. The van der Waals surface area contributed by atoms with Crippen molar-refractivity contribution >= 4 is 5.97 Å². The molecule has 0 aliphatic heterocycles. The van der Waals surface area contributed by atoms with Gasteiger partial charge in [0.1, 0.15) is 5.75 Å². The van der Waals surface area contributed by atoms with Crippen LogP contribution in [0.2, 0.25) is 0 Å². The molecule has 6 heteroatoms. The summed E-state index contributed by atoms with van der Waals surface area (Å²) in [5, 5.41) is 13.0. The second-order valence-corrected chi connectivity index (χ2v) is 5.77. The third-order valence-electron chi connectivity index (χ3n) is 3.95. The molecule has 6 nitrogen and oxygen atoms in total. The van der Waals surface area contributed by atoms with Gasteiger partial charge in [0.15, 0.2) is 6.61 Å². The van der Waals surface area contributed by atoms with Crippen molar-refractivity contribution in [3.63, 3.8) is 0 Å². The van der Waals surface area contributed by atoms with E-state index in [1.165, 1.54) is 0 Å². The number of para-hydroxylation sites is 1. The summed E-state index contributed by atoms with van der Waals surface area (Å²) in [6, 6.07) is 9.33. The SMILES string of the molecule is CC1(C)C(C(=O)O)C1c1nc(COc2ccccc2)no1. The fraction of sp³-hybridized carbons (Fsp3) is 0.400. The molecule has 1 aromatic carbocycles. The average Bonchev–Trinajstić information content (AvgIpc) is 2.83. The molecule has 1 saturated carbocycles. The first-order valence-electron chi connectivity index (χ1n) is 6.73. The van der Waals surface area contributed by atoms with Gasteiger partial charge < -0.3 is 14.4 Å². The first-order chi connectivity index (χ1) is 10.00. The largest absolute Gasteiger partial charge is 0.485 e. The van der Waals surface area contributed by atoms with E-state index in [0.29, 0.717) is 11.7 Å². The number of nitrogens with zero attached hydrogens (tertiary/aromatic N) is 2. The Bertz CT molecular complexity index is 651. The first kappa shape index (κ1) is 13.6. The number of carboxylic acid groups (broad SMARTS) is 1. The van der Waals surface area contributed by atoms with Gasteiger partial charge in [0.25, 0.3) is 0 Å². The number of carboxylic acids is 1. The highest BCUT2D eigenvalue weighted by Crippen LogP contribution is 2.63. The van der Waals surface area contributed by atoms with Gasteiger partial charge in [0.05, 0.1) is 11.8 Å². The third kappa shape index (κ3) is 2.49. The van der Waals surface area contributed by atoms with Crippen LogP contribution in [-0.2, 0) is 11.4 Å². The zero-order valence-electron chi connectivity index (χ0n) is 11.8. The fourth-order valence-corrected chi connectivity index (χ4v) is 2.68. The number of carbonyl (C=O) groups is 1. The van der Waals surface area contributed by atoms with Gasteiger partial charge in [-0.15, -0.1) is 0 Å². The van der Waals surface area contributed by atoms with Crippen LogP contribution in [0.15, 0.2) is 34.9 Å². The summed E-state index contributed by atoms with van der Waals surface area (Å²) in [7, 11) is 0. The van der Waals surface area contributed by atoms with Gasteiger partial charge in [0, 0.05) is 0 Å². The summed E-state index contributed by atoms with van der Waals surface area (Å²) in [4.78, 5) is 15.4. The van der Waals surface area contributed by atoms with Crippen LogP contribution in [0.4, 0.5) is 0 Å². The minimum Gasteiger partial charge on any atom is -0.485 e. The van der Waals surface area contributed by atoms with Crippen LogP contribution in [0.1, 0.15) is 31.5 Å². The standard InChI is InChI=1S/C15H16N2O4/c1-15(2)11(12(15)14(18)19)13-16-10(17-21-13)8-20-9-6-4-3-5-7-9/h3-7,11-12H,8H2,1-2H3,(H,18,19). The summed E-state index contributed by atoms with van der Waals surface area (Å²) in [6.07, 6.45) is 0. The Labute approximate surface area is 121 Å². The number of rotatable bonds is 5. The van der Waals surface area contributed by atoms with E-state index < -0.39 is 11.9 Å². The van der Waals surface area contributed by atoms with E-state index in [0.717, 1.165) is 5.75 Å². The second-order valence-electron chi connectivity index (χ2n) is 5.77. The molecule has 1 N–H and O–H groups in total. The van der Waals surface area contributed by atoms with E-state index >= 15 is 0 Å². The normalized spacial score (nSPS) is 22.8. The minimum atomic E-state index is -0.828. The van der Waals surface area contributed by atoms with Gasteiger partial charge in [-0.3, -0.25) is 4.79 Å². The van der Waals surface area contributed by atoms with Crippen LogP contribution >= 0.6 is 0 Å². The van der Waals surface area contributed by atoms with Crippen molar-refractivity contribution in [3.8, 4) is 5.75 Å². The van der Waals surface area contributed by atoms with Crippen LogP contribution in [0, 0.1) is 11.3 Å². The van der Waals surface area contributed by atoms with Crippen molar-refractivity contribution in [2.45, 2.75) is 26.4 Å². The van der Waals surface area contributed by atoms with Crippen molar-refractivity contribution < 1.29 is 19.2 Å². The lowest BCUT2D eigenvalue weighted by Crippen LogP contribution is -2.03. The Balaban J connectivity index is 1.66. The lowest BCUT2D eigenvalue weighted by molar-refractivity contribution is -0.139. The molecule has 0 radical (unpaired) electrons. The highest BCUT2D eigenvalue weighted by atomic mass is 16.5. The monoisotopic (exact) mass is 288 g/mol. The third-order valence-corrected chi connectivity index (χ3v) is 3.95. The molecule has 1 aromatic heterocycles. The minimum absolute atomic E-state index is 0.193. The predicted molar refractivity (Wildman–Crippen MR) is 72.7 cm³/mol. The Hall–Kier alpha value is -2.37. The lowest BCUT2D eigenvalue weighted by Gasteiger charge is -2.01. The summed E-state index contributed by atoms with van der Waals surface area (Å²) in [5.74, 6) is -0.0159. The van der Waals surface area contributed by atoms with Gasteiger partial charge in [0.2, 0.25) is 11.7 Å². The Morgan fingerprint density at radius 3 is 2.71 bits per heavy atom. The molecule has 1 fully saturated rings. The molecule has 2 aromatic rings. The molecule has 0 spiro atoms. The Morgan fingerprint density at radius 1 is 1.38 bits per heavy atom. The molecule has 2 atom stereocenters. The van der Waals surface area contributed by atoms with Crippen molar-refractivity contribution in [2.24, 2.45) is 11.3 Å². The number of benzene rings is 1. The Kier molecular flexibility index (Phi) is 3.16. The van der Waals surface area contributed by atoms with E-state index in [-0.39, 0.29) is 17.9 Å². The van der Waals surface area contributed by atoms with E-state index in [4.69, 9.17) is 14.4 Å². The highest BCUT2D eigenvalue weighted by Gasteiger charge is 2.65. The first-order valence-corrected chi connectivity index (χ1v) is 6.73. The van der Waals surface area contributed by atoms with Gasteiger partial charge in [-0.25, -0.2) is 0 Å². The molecule has 0 saturated heterocycles. The van der Waals surface area contributed by atoms with Gasteiger partial charge >= 0.3 is 5.97 Å². The van der Waals surface area contributed by atoms with Crippen LogP contribution in [0.3, 0.4) is 0 Å². The quantitative estimate of drug-likeness (QED) is 0.909.